The summed E-state index contributed by atoms with van der Waals surface area (Å²) < 4.78 is 5.20. The van der Waals surface area contributed by atoms with Crippen LogP contribution in [0.15, 0.2) is 47.6 Å². The summed E-state index contributed by atoms with van der Waals surface area (Å²) in [5.74, 6) is -1.20. The second-order valence-electron chi connectivity index (χ2n) is 8.24. The summed E-state index contributed by atoms with van der Waals surface area (Å²) in [4.78, 5) is 51.0. The van der Waals surface area contributed by atoms with Gasteiger partial charge in [0.1, 0.15) is 5.71 Å². The van der Waals surface area contributed by atoms with Crippen LogP contribution in [-0.2, 0) is 19.1 Å². The highest BCUT2D eigenvalue weighted by Gasteiger charge is 2.28. The van der Waals surface area contributed by atoms with Gasteiger partial charge in [-0.05, 0) is 61.7 Å². The summed E-state index contributed by atoms with van der Waals surface area (Å²) in [7, 11) is 0. The molecule has 2 heterocycles. The number of anilines is 2. The lowest BCUT2D eigenvalue weighted by atomic mass is 10.1. The predicted molar refractivity (Wildman–Crippen MR) is 123 cm³/mol. The van der Waals surface area contributed by atoms with Crippen LogP contribution >= 0.6 is 0 Å². The van der Waals surface area contributed by atoms with Gasteiger partial charge in [0.05, 0.1) is 5.69 Å². The summed E-state index contributed by atoms with van der Waals surface area (Å²) in [6.07, 6.45) is 1.65. The number of rotatable bonds is 6. The first-order valence-corrected chi connectivity index (χ1v) is 10.9. The molecular weight excluding hydrogens is 422 g/mol. The van der Waals surface area contributed by atoms with Crippen LogP contribution in [0.2, 0.25) is 0 Å². The maximum Gasteiger partial charge on any atom is 0.354 e. The Kier molecular flexibility index (Phi) is 6.35. The number of hydrogen-bond acceptors (Lipinski definition) is 6. The quantitative estimate of drug-likeness (QED) is 0.500. The normalized spacial score (nSPS) is 16.1. The van der Waals surface area contributed by atoms with Gasteiger partial charge < -0.3 is 9.64 Å². The van der Waals surface area contributed by atoms with Gasteiger partial charge in [0.15, 0.2) is 12.4 Å². The SMILES string of the molecule is Cc1ccc(C)c(N2N=C(C(=O)OCC(=O)c3ccc(N4CCCC4=O)cc3)CCC2=O)c1. The second kappa shape index (κ2) is 9.36. The van der Waals surface area contributed by atoms with Gasteiger partial charge in [0, 0.05) is 37.1 Å². The highest BCUT2D eigenvalue weighted by atomic mass is 16.5. The zero-order chi connectivity index (χ0) is 23.5. The van der Waals surface area contributed by atoms with Crippen molar-refractivity contribution in [3.8, 4) is 0 Å². The first kappa shape index (κ1) is 22.4. The van der Waals surface area contributed by atoms with Crippen LogP contribution in [0.3, 0.4) is 0 Å². The monoisotopic (exact) mass is 447 g/mol. The number of Topliss-reactive ketones (excluding diaryl/α,β-unsaturated/α-hetero) is 1. The Morgan fingerprint density at radius 1 is 0.970 bits per heavy atom. The lowest BCUT2D eigenvalue weighted by Crippen LogP contribution is -2.35. The number of carbonyl (C=O) groups excluding carboxylic acids is 4. The molecule has 0 unspecified atom stereocenters. The molecule has 2 aliphatic rings. The Morgan fingerprint density at radius 2 is 1.73 bits per heavy atom. The molecule has 170 valence electrons. The van der Waals surface area contributed by atoms with E-state index in [0.29, 0.717) is 24.2 Å². The minimum Gasteiger partial charge on any atom is -0.453 e. The Morgan fingerprint density at radius 3 is 2.42 bits per heavy atom. The number of amides is 2. The molecule has 2 amide bonds. The predicted octanol–water partition coefficient (Wildman–Crippen LogP) is 3.34. The van der Waals surface area contributed by atoms with Gasteiger partial charge in [-0.15, -0.1) is 0 Å². The van der Waals surface area contributed by atoms with E-state index >= 15 is 0 Å². The van der Waals surface area contributed by atoms with Crippen molar-refractivity contribution in [2.75, 3.05) is 23.1 Å². The molecule has 1 saturated heterocycles. The molecule has 2 aromatic rings. The molecule has 0 aliphatic carbocycles. The van der Waals surface area contributed by atoms with Crippen LogP contribution in [0.5, 0.6) is 0 Å². The number of hydrazone groups is 1. The van der Waals surface area contributed by atoms with Crippen molar-refractivity contribution < 1.29 is 23.9 Å². The zero-order valence-electron chi connectivity index (χ0n) is 18.7. The van der Waals surface area contributed by atoms with Crippen LogP contribution in [-0.4, -0.2) is 42.4 Å². The van der Waals surface area contributed by atoms with Crippen molar-refractivity contribution in [3.63, 3.8) is 0 Å². The van der Waals surface area contributed by atoms with E-state index in [1.807, 2.05) is 32.0 Å². The molecule has 0 bridgehead atoms. The molecule has 2 aliphatic heterocycles. The highest BCUT2D eigenvalue weighted by molar-refractivity contribution is 6.38. The number of benzene rings is 2. The van der Waals surface area contributed by atoms with Gasteiger partial charge in [-0.25, -0.2) is 4.79 Å². The lowest BCUT2D eigenvalue weighted by molar-refractivity contribution is -0.134. The summed E-state index contributed by atoms with van der Waals surface area (Å²) in [6.45, 7) is 4.02. The number of nitrogens with zero attached hydrogens (tertiary/aromatic N) is 3. The average molecular weight is 447 g/mol. The van der Waals surface area contributed by atoms with E-state index < -0.39 is 12.6 Å². The standard InChI is InChI=1S/C25H25N3O5/c1-16-5-6-17(2)21(14-16)28-24(31)12-11-20(26-28)25(32)33-15-22(29)18-7-9-19(10-8-18)27-13-3-4-23(27)30/h5-10,14H,3-4,11-13,15H2,1-2H3. The van der Waals surface area contributed by atoms with Crippen LogP contribution < -0.4 is 9.91 Å². The third-order valence-electron chi connectivity index (χ3n) is 5.77. The van der Waals surface area contributed by atoms with E-state index in [4.69, 9.17) is 4.74 Å². The fourth-order valence-corrected chi connectivity index (χ4v) is 3.88. The minimum absolute atomic E-state index is 0.0737. The van der Waals surface area contributed by atoms with Crippen molar-refractivity contribution in [2.45, 2.75) is 39.5 Å². The summed E-state index contributed by atoms with van der Waals surface area (Å²) in [5.41, 5.74) is 3.69. The summed E-state index contributed by atoms with van der Waals surface area (Å²) >= 11 is 0. The van der Waals surface area contributed by atoms with Gasteiger partial charge in [-0.3, -0.25) is 14.4 Å². The molecule has 0 N–H and O–H groups in total. The minimum atomic E-state index is -0.717. The number of carbonyl (C=O) groups is 4. The van der Waals surface area contributed by atoms with E-state index in [1.165, 1.54) is 5.01 Å². The van der Waals surface area contributed by atoms with Crippen LogP contribution in [0.1, 0.15) is 47.2 Å². The number of esters is 1. The van der Waals surface area contributed by atoms with Crippen LogP contribution in [0.4, 0.5) is 11.4 Å². The van der Waals surface area contributed by atoms with Gasteiger partial charge in [-0.2, -0.15) is 10.1 Å². The highest BCUT2D eigenvalue weighted by Crippen LogP contribution is 2.26. The lowest BCUT2D eigenvalue weighted by Gasteiger charge is -2.24. The Hall–Kier alpha value is -3.81. The zero-order valence-corrected chi connectivity index (χ0v) is 18.7. The number of aryl methyl sites for hydroxylation is 2. The van der Waals surface area contributed by atoms with Crippen molar-refractivity contribution in [1.29, 1.82) is 0 Å². The van der Waals surface area contributed by atoms with Gasteiger partial charge in [0.25, 0.3) is 0 Å². The molecule has 0 radical (unpaired) electrons. The largest absolute Gasteiger partial charge is 0.453 e. The summed E-state index contributed by atoms with van der Waals surface area (Å²) in [6, 6.07) is 12.4. The molecule has 33 heavy (non-hydrogen) atoms. The second-order valence-corrected chi connectivity index (χ2v) is 8.24. The van der Waals surface area contributed by atoms with Crippen molar-refractivity contribution in [3.05, 3.63) is 59.2 Å². The third-order valence-corrected chi connectivity index (χ3v) is 5.77. The molecular formula is C25H25N3O5. The molecule has 0 saturated carbocycles. The number of ketones is 1. The molecule has 1 fully saturated rings. The van der Waals surface area contributed by atoms with Crippen molar-refractivity contribution >= 4 is 40.7 Å². The number of hydrogen-bond donors (Lipinski definition) is 0. The average Bonchev–Trinajstić information content (AvgIpc) is 3.25. The maximum absolute atomic E-state index is 12.5. The topological polar surface area (TPSA) is 96.3 Å². The third kappa shape index (κ3) is 4.84. The van der Waals surface area contributed by atoms with Crippen LogP contribution in [0.25, 0.3) is 0 Å². The van der Waals surface area contributed by atoms with Crippen LogP contribution in [0, 0.1) is 13.8 Å². The molecule has 4 rings (SSSR count). The Labute approximate surface area is 191 Å². The molecule has 0 spiro atoms. The Bertz CT molecular complexity index is 1150. The maximum atomic E-state index is 12.5. The molecule has 8 nitrogen and oxygen atoms in total. The van der Waals surface area contributed by atoms with Gasteiger partial charge in [0.2, 0.25) is 11.8 Å². The molecule has 2 aromatic carbocycles. The Balaban J connectivity index is 1.40. The molecule has 0 aromatic heterocycles. The van der Waals surface area contributed by atoms with E-state index in [1.54, 1.807) is 29.2 Å². The van der Waals surface area contributed by atoms with Crippen molar-refractivity contribution in [1.82, 2.24) is 0 Å². The van der Waals surface area contributed by atoms with E-state index in [2.05, 4.69) is 5.10 Å². The fraction of sp³-hybridized carbons (Fsp3) is 0.320. The van der Waals surface area contributed by atoms with Gasteiger partial charge in [-0.1, -0.05) is 12.1 Å². The van der Waals surface area contributed by atoms with E-state index in [0.717, 1.165) is 23.2 Å². The van der Waals surface area contributed by atoms with E-state index in [-0.39, 0.29) is 36.2 Å². The smallest absolute Gasteiger partial charge is 0.354 e. The van der Waals surface area contributed by atoms with E-state index in [9.17, 15) is 19.2 Å². The molecule has 8 heteroatoms. The summed E-state index contributed by atoms with van der Waals surface area (Å²) in [5, 5.41) is 5.46. The van der Waals surface area contributed by atoms with Gasteiger partial charge >= 0.3 is 5.97 Å². The fourth-order valence-electron chi connectivity index (χ4n) is 3.88. The first-order chi connectivity index (χ1) is 15.8. The first-order valence-electron chi connectivity index (χ1n) is 10.9. The van der Waals surface area contributed by atoms with Crippen molar-refractivity contribution in [2.24, 2.45) is 5.10 Å². The number of ether oxygens (including phenoxy) is 1. The molecule has 0 atom stereocenters.